The summed E-state index contributed by atoms with van der Waals surface area (Å²) in [6.07, 6.45) is 0.721. The van der Waals surface area contributed by atoms with Gasteiger partial charge in [0.15, 0.2) is 9.84 Å². The lowest BCUT2D eigenvalue weighted by atomic mass is 10.0. The summed E-state index contributed by atoms with van der Waals surface area (Å²) in [5, 5.41) is 0. The van der Waals surface area contributed by atoms with Crippen molar-refractivity contribution in [3.05, 3.63) is 35.9 Å². The van der Waals surface area contributed by atoms with Crippen LogP contribution < -0.4 is 5.73 Å². The van der Waals surface area contributed by atoms with E-state index in [1.165, 1.54) is 0 Å². The van der Waals surface area contributed by atoms with Crippen molar-refractivity contribution in [3.63, 3.8) is 0 Å². The minimum atomic E-state index is -2.99. The van der Waals surface area contributed by atoms with E-state index in [0.717, 1.165) is 5.56 Å². The third-order valence-corrected chi connectivity index (χ3v) is 5.25. The highest BCUT2D eigenvalue weighted by Gasteiger charge is 2.23. The predicted octanol–water partition coefficient (Wildman–Crippen LogP) is 0.724. The van der Waals surface area contributed by atoms with E-state index in [4.69, 9.17) is 5.73 Å². The highest BCUT2D eigenvalue weighted by Crippen LogP contribution is 2.16. The van der Waals surface area contributed by atoms with E-state index >= 15 is 0 Å². The molecule has 2 N–H and O–H groups in total. The molecule has 20 heavy (non-hydrogen) atoms. The second-order valence-corrected chi connectivity index (χ2v) is 7.41. The molecule has 5 nitrogen and oxygen atoms in total. The molecule has 1 amide bonds. The fourth-order valence-corrected chi connectivity index (χ4v) is 3.59. The Labute approximate surface area is 119 Å². The molecule has 1 aliphatic rings. The predicted molar refractivity (Wildman–Crippen MR) is 77.8 cm³/mol. The molecule has 0 radical (unpaired) electrons. The first-order valence-corrected chi connectivity index (χ1v) is 8.59. The zero-order valence-corrected chi connectivity index (χ0v) is 12.2. The molecule has 1 fully saturated rings. The quantitative estimate of drug-likeness (QED) is 0.891. The summed E-state index contributed by atoms with van der Waals surface area (Å²) in [4.78, 5) is 13.8. The normalized spacial score (nSPS) is 20.1. The molecule has 1 heterocycles. The SMILES string of the molecule is NC(CC(=O)N1CCCS(=O)(=O)CC1)c1ccccc1. The van der Waals surface area contributed by atoms with Crippen molar-refractivity contribution in [2.24, 2.45) is 5.73 Å². The molecule has 0 bridgehead atoms. The van der Waals surface area contributed by atoms with Crippen molar-refractivity contribution in [1.29, 1.82) is 0 Å². The summed E-state index contributed by atoms with van der Waals surface area (Å²) in [7, 11) is -2.99. The van der Waals surface area contributed by atoms with Crippen LogP contribution in [0, 0.1) is 0 Å². The summed E-state index contributed by atoms with van der Waals surface area (Å²) in [5.74, 6) is 0.152. The summed E-state index contributed by atoms with van der Waals surface area (Å²) in [5.41, 5.74) is 6.95. The number of hydrogen-bond acceptors (Lipinski definition) is 4. The zero-order valence-electron chi connectivity index (χ0n) is 11.4. The van der Waals surface area contributed by atoms with Crippen molar-refractivity contribution in [3.8, 4) is 0 Å². The fraction of sp³-hybridized carbons (Fsp3) is 0.500. The minimum Gasteiger partial charge on any atom is -0.342 e. The van der Waals surface area contributed by atoms with E-state index in [9.17, 15) is 13.2 Å². The molecule has 1 unspecified atom stereocenters. The fourth-order valence-electron chi connectivity index (χ4n) is 2.32. The van der Waals surface area contributed by atoms with Crippen LogP contribution in [0.3, 0.4) is 0 Å². The molecule has 0 spiro atoms. The minimum absolute atomic E-state index is 0.0549. The van der Waals surface area contributed by atoms with Crippen LogP contribution in [0.4, 0.5) is 0 Å². The zero-order chi connectivity index (χ0) is 14.6. The van der Waals surface area contributed by atoms with Gasteiger partial charge in [-0.3, -0.25) is 4.79 Å². The third kappa shape index (κ3) is 4.05. The Morgan fingerprint density at radius 2 is 1.90 bits per heavy atom. The molecule has 1 aromatic rings. The third-order valence-electron chi connectivity index (χ3n) is 3.53. The number of nitrogens with zero attached hydrogens (tertiary/aromatic N) is 1. The number of hydrogen-bond donors (Lipinski definition) is 1. The van der Waals surface area contributed by atoms with E-state index in [2.05, 4.69) is 0 Å². The van der Waals surface area contributed by atoms with E-state index in [1.54, 1.807) is 4.90 Å². The van der Waals surface area contributed by atoms with E-state index in [0.29, 0.717) is 13.0 Å². The van der Waals surface area contributed by atoms with Crippen molar-refractivity contribution in [2.45, 2.75) is 18.9 Å². The highest BCUT2D eigenvalue weighted by molar-refractivity contribution is 7.91. The number of rotatable bonds is 3. The van der Waals surface area contributed by atoms with Gasteiger partial charge in [0, 0.05) is 25.6 Å². The first-order valence-electron chi connectivity index (χ1n) is 6.77. The van der Waals surface area contributed by atoms with Crippen LogP contribution in [-0.4, -0.2) is 43.8 Å². The van der Waals surface area contributed by atoms with Gasteiger partial charge in [0.25, 0.3) is 0 Å². The lowest BCUT2D eigenvalue weighted by molar-refractivity contribution is -0.131. The summed E-state index contributed by atoms with van der Waals surface area (Å²) in [6, 6.07) is 9.12. The van der Waals surface area contributed by atoms with Crippen LogP contribution in [0.15, 0.2) is 30.3 Å². The maximum absolute atomic E-state index is 12.2. The van der Waals surface area contributed by atoms with Gasteiger partial charge in [0.05, 0.1) is 11.5 Å². The van der Waals surface area contributed by atoms with Gasteiger partial charge in [-0.05, 0) is 12.0 Å². The van der Waals surface area contributed by atoms with Crippen molar-refractivity contribution in [1.82, 2.24) is 4.90 Å². The van der Waals surface area contributed by atoms with Crippen LogP contribution in [0.5, 0.6) is 0 Å². The van der Waals surface area contributed by atoms with Gasteiger partial charge in [-0.25, -0.2) is 8.42 Å². The maximum Gasteiger partial charge on any atom is 0.224 e. The smallest absolute Gasteiger partial charge is 0.224 e. The molecule has 1 aliphatic heterocycles. The topological polar surface area (TPSA) is 80.5 Å². The van der Waals surface area contributed by atoms with Gasteiger partial charge in [0.2, 0.25) is 5.91 Å². The lowest BCUT2D eigenvalue weighted by Crippen LogP contribution is -2.35. The number of carbonyl (C=O) groups is 1. The summed E-state index contributed by atoms with van der Waals surface area (Å²) >= 11 is 0. The Balaban J connectivity index is 1.95. The molecular formula is C14H20N2O3S. The Hall–Kier alpha value is -1.40. The molecule has 1 aromatic carbocycles. The van der Waals surface area contributed by atoms with Crippen LogP contribution in [0.25, 0.3) is 0 Å². The monoisotopic (exact) mass is 296 g/mol. The van der Waals surface area contributed by atoms with Crippen LogP contribution in [0.1, 0.15) is 24.4 Å². The van der Waals surface area contributed by atoms with Gasteiger partial charge < -0.3 is 10.6 Å². The van der Waals surface area contributed by atoms with E-state index < -0.39 is 9.84 Å². The Kier molecular flexibility index (Phi) is 4.77. The van der Waals surface area contributed by atoms with Gasteiger partial charge in [-0.2, -0.15) is 0 Å². The molecule has 110 valence electrons. The average molecular weight is 296 g/mol. The number of sulfone groups is 1. The van der Waals surface area contributed by atoms with E-state index in [1.807, 2.05) is 30.3 Å². The molecule has 6 heteroatoms. The largest absolute Gasteiger partial charge is 0.342 e. The summed E-state index contributed by atoms with van der Waals surface area (Å²) < 4.78 is 23.0. The maximum atomic E-state index is 12.2. The summed E-state index contributed by atoms with van der Waals surface area (Å²) in [6.45, 7) is 0.780. The van der Waals surface area contributed by atoms with Crippen molar-refractivity contribution >= 4 is 15.7 Å². The molecule has 0 saturated carbocycles. The van der Waals surface area contributed by atoms with Gasteiger partial charge in [-0.1, -0.05) is 30.3 Å². The molecule has 1 atom stereocenters. The first kappa shape index (κ1) is 15.0. The molecule has 1 saturated heterocycles. The lowest BCUT2D eigenvalue weighted by Gasteiger charge is -2.22. The second kappa shape index (κ2) is 6.37. The van der Waals surface area contributed by atoms with Crippen LogP contribution in [0.2, 0.25) is 0 Å². The van der Waals surface area contributed by atoms with Crippen LogP contribution in [-0.2, 0) is 14.6 Å². The second-order valence-electron chi connectivity index (χ2n) is 5.11. The number of nitrogens with two attached hydrogens (primary N) is 1. The Morgan fingerprint density at radius 1 is 1.20 bits per heavy atom. The van der Waals surface area contributed by atoms with Crippen molar-refractivity contribution in [2.75, 3.05) is 24.6 Å². The van der Waals surface area contributed by atoms with Gasteiger partial charge >= 0.3 is 0 Å². The standard InChI is InChI=1S/C14H20N2O3S/c15-13(12-5-2-1-3-6-12)11-14(17)16-7-4-9-20(18,19)10-8-16/h1-3,5-6,13H,4,7-11,15H2. The molecule has 0 aromatic heterocycles. The Bertz CT molecular complexity index is 557. The number of amides is 1. The van der Waals surface area contributed by atoms with E-state index in [-0.39, 0.29) is 36.4 Å². The van der Waals surface area contributed by atoms with Crippen molar-refractivity contribution < 1.29 is 13.2 Å². The van der Waals surface area contributed by atoms with Crippen LogP contribution >= 0.6 is 0 Å². The first-order chi connectivity index (χ1) is 9.48. The average Bonchev–Trinajstić information content (AvgIpc) is 2.60. The highest BCUT2D eigenvalue weighted by atomic mass is 32.2. The molecule has 2 rings (SSSR count). The number of benzene rings is 1. The van der Waals surface area contributed by atoms with Gasteiger partial charge in [-0.15, -0.1) is 0 Å². The Morgan fingerprint density at radius 3 is 2.60 bits per heavy atom. The number of carbonyl (C=O) groups excluding carboxylic acids is 1. The molecular weight excluding hydrogens is 276 g/mol. The van der Waals surface area contributed by atoms with Gasteiger partial charge in [0.1, 0.15) is 0 Å². The molecule has 0 aliphatic carbocycles.